The van der Waals surface area contributed by atoms with Gasteiger partial charge >= 0.3 is 0 Å². The van der Waals surface area contributed by atoms with Crippen molar-refractivity contribution in [2.45, 2.75) is 32.2 Å². The van der Waals surface area contributed by atoms with Crippen molar-refractivity contribution in [1.29, 1.82) is 0 Å². The summed E-state index contributed by atoms with van der Waals surface area (Å²) in [7, 11) is 0. The summed E-state index contributed by atoms with van der Waals surface area (Å²) >= 11 is 1.83. The van der Waals surface area contributed by atoms with Crippen molar-refractivity contribution in [3.8, 4) is 0 Å². The number of hydrogen-bond donors (Lipinski definition) is 2. The summed E-state index contributed by atoms with van der Waals surface area (Å²) in [6.07, 6.45) is 3.12. The predicted octanol–water partition coefficient (Wildman–Crippen LogP) is 2.05. The molecule has 0 unspecified atom stereocenters. The molecule has 0 saturated carbocycles. The minimum absolute atomic E-state index is 0.189. The molecule has 1 aromatic heterocycles. The molecular weight excluding hydrogens is 180 g/mol. The van der Waals surface area contributed by atoms with E-state index in [1.54, 1.807) is 0 Å². The van der Waals surface area contributed by atoms with Gasteiger partial charge in [0.25, 0.3) is 0 Å². The number of rotatable bonds is 5. The molecule has 0 aliphatic carbocycles. The van der Waals surface area contributed by atoms with E-state index in [-0.39, 0.29) is 6.04 Å². The number of nitrogens with two attached hydrogens (primary N) is 2. The first-order valence-corrected chi connectivity index (χ1v) is 5.63. The van der Waals surface area contributed by atoms with E-state index >= 15 is 0 Å². The molecule has 1 aromatic rings. The lowest BCUT2D eigenvalue weighted by molar-refractivity contribution is 0.626. The van der Waals surface area contributed by atoms with E-state index in [9.17, 15) is 0 Å². The number of aryl methyl sites for hydroxylation is 1. The van der Waals surface area contributed by atoms with Gasteiger partial charge in [-0.3, -0.25) is 0 Å². The van der Waals surface area contributed by atoms with Gasteiger partial charge in [-0.1, -0.05) is 6.92 Å². The molecule has 13 heavy (non-hydrogen) atoms. The van der Waals surface area contributed by atoms with Gasteiger partial charge < -0.3 is 11.5 Å². The van der Waals surface area contributed by atoms with E-state index in [2.05, 4.69) is 19.1 Å². The van der Waals surface area contributed by atoms with Crippen LogP contribution in [0.3, 0.4) is 0 Å². The second-order valence-electron chi connectivity index (χ2n) is 3.20. The largest absolute Gasteiger partial charge is 0.330 e. The second kappa shape index (κ2) is 5.37. The molecule has 0 bridgehead atoms. The highest BCUT2D eigenvalue weighted by Crippen LogP contribution is 2.24. The summed E-state index contributed by atoms with van der Waals surface area (Å²) in [5.41, 5.74) is 11.4. The zero-order chi connectivity index (χ0) is 9.68. The highest BCUT2D eigenvalue weighted by atomic mass is 32.1. The standard InChI is InChI=1S/C10H18N2S/c1-2-8-5-6-10(13-8)9(12)4-3-7-11/h5-6,9H,2-4,7,11-12H2,1H3/t9-/m0/s1. The summed E-state index contributed by atoms with van der Waals surface area (Å²) in [5.74, 6) is 0. The van der Waals surface area contributed by atoms with Crippen LogP contribution in [-0.4, -0.2) is 6.54 Å². The van der Waals surface area contributed by atoms with E-state index in [0.29, 0.717) is 0 Å². The van der Waals surface area contributed by atoms with Gasteiger partial charge in [0, 0.05) is 15.8 Å². The van der Waals surface area contributed by atoms with Crippen LogP contribution in [0, 0.1) is 0 Å². The predicted molar refractivity (Wildman–Crippen MR) is 58.9 cm³/mol. The lowest BCUT2D eigenvalue weighted by atomic mass is 10.1. The maximum atomic E-state index is 6.00. The first kappa shape index (κ1) is 10.7. The summed E-state index contributed by atoms with van der Waals surface area (Å²) < 4.78 is 0. The Morgan fingerprint density at radius 2 is 2.23 bits per heavy atom. The minimum atomic E-state index is 0.189. The Labute approximate surface area is 83.9 Å². The fourth-order valence-electron chi connectivity index (χ4n) is 1.26. The van der Waals surface area contributed by atoms with Crippen LogP contribution in [0.25, 0.3) is 0 Å². The monoisotopic (exact) mass is 198 g/mol. The maximum Gasteiger partial charge on any atom is 0.0390 e. The van der Waals surface area contributed by atoms with Gasteiger partial charge in [0.1, 0.15) is 0 Å². The van der Waals surface area contributed by atoms with Gasteiger partial charge in [-0.2, -0.15) is 0 Å². The Balaban J connectivity index is 2.50. The molecular formula is C10H18N2S. The van der Waals surface area contributed by atoms with E-state index in [1.165, 1.54) is 9.75 Å². The normalized spacial score (nSPS) is 13.2. The first-order chi connectivity index (χ1) is 6.27. The maximum absolute atomic E-state index is 6.00. The van der Waals surface area contributed by atoms with Gasteiger partial charge in [-0.05, 0) is 37.9 Å². The SMILES string of the molecule is CCc1ccc([C@@H](N)CCCN)s1. The van der Waals surface area contributed by atoms with Crippen LogP contribution in [0.2, 0.25) is 0 Å². The summed E-state index contributed by atoms with van der Waals surface area (Å²) in [5, 5.41) is 0. The van der Waals surface area contributed by atoms with E-state index < -0.39 is 0 Å². The Hall–Kier alpha value is -0.380. The molecule has 0 spiro atoms. The van der Waals surface area contributed by atoms with Gasteiger partial charge in [0.05, 0.1) is 0 Å². The Morgan fingerprint density at radius 1 is 1.46 bits per heavy atom. The van der Waals surface area contributed by atoms with Crippen molar-refractivity contribution in [2.24, 2.45) is 11.5 Å². The highest BCUT2D eigenvalue weighted by molar-refractivity contribution is 7.12. The molecule has 0 amide bonds. The minimum Gasteiger partial charge on any atom is -0.330 e. The second-order valence-corrected chi connectivity index (χ2v) is 4.39. The third-order valence-corrected chi connectivity index (χ3v) is 3.48. The lowest BCUT2D eigenvalue weighted by Gasteiger charge is -2.07. The highest BCUT2D eigenvalue weighted by Gasteiger charge is 2.07. The summed E-state index contributed by atoms with van der Waals surface area (Å²) in [6.45, 7) is 2.90. The molecule has 0 fully saturated rings. The van der Waals surface area contributed by atoms with Gasteiger partial charge in [0.15, 0.2) is 0 Å². The average Bonchev–Trinajstić information content (AvgIpc) is 2.62. The fourth-order valence-corrected chi connectivity index (χ4v) is 2.25. The molecule has 4 N–H and O–H groups in total. The average molecular weight is 198 g/mol. The smallest absolute Gasteiger partial charge is 0.0390 e. The lowest BCUT2D eigenvalue weighted by Crippen LogP contribution is -2.10. The van der Waals surface area contributed by atoms with E-state index in [4.69, 9.17) is 11.5 Å². The molecule has 3 heteroatoms. The van der Waals surface area contributed by atoms with Crippen molar-refractivity contribution in [3.05, 3.63) is 21.9 Å². The van der Waals surface area contributed by atoms with Crippen molar-refractivity contribution in [2.75, 3.05) is 6.54 Å². The Kier molecular flexibility index (Phi) is 4.42. The first-order valence-electron chi connectivity index (χ1n) is 4.82. The van der Waals surface area contributed by atoms with Crippen molar-refractivity contribution < 1.29 is 0 Å². The zero-order valence-electron chi connectivity index (χ0n) is 8.12. The molecule has 0 radical (unpaired) electrons. The molecule has 0 aliphatic heterocycles. The number of thiophene rings is 1. The quantitative estimate of drug-likeness (QED) is 0.761. The van der Waals surface area contributed by atoms with Gasteiger partial charge in [0.2, 0.25) is 0 Å². The molecule has 2 nitrogen and oxygen atoms in total. The van der Waals surface area contributed by atoms with Crippen LogP contribution in [-0.2, 0) is 6.42 Å². The summed E-state index contributed by atoms with van der Waals surface area (Å²) in [4.78, 5) is 2.71. The molecule has 1 atom stereocenters. The van der Waals surface area contributed by atoms with Crippen LogP contribution < -0.4 is 11.5 Å². The third-order valence-electron chi connectivity index (χ3n) is 2.12. The van der Waals surface area contributed by atoms with E-state index in [0.717, 1.165) is 25.8 Å². The number of hydrogen-bond acceptors (Lipinski definition) is 3. The van der Waals surface area contributed by atoms with Gasteiger partial charge in [-0.25, -0.2) is 0 Å². The Bertz CT molecular complexity index is 245. The van der Waals surface area contributed by atoms with Crippen molar-refractivity contribution in [1.82, 2.24) is 0 Å². The molecule has 74 valence electrons. The molecule has 0 aliphatic rings. The van der Waals surface area contributed by atoms with Gasteiger partial charge in [-0.15, -0.1) is 11.3 Å². The van der Waals surface area contributed by atoms with Crippen LogP contribution in [0.4, 0.5) is 0 Å². The van der Waals surface area contributed by atoms with E-state index in [1.807, 2.05) is 11.3 Å². The van der Waals surface area contributed by atoms with Crippen molar-refractivity contribution >= 4 is 11.3 Å². The Morgan fingerprint density at radius 3 is 2.77 bits per heavy atom. The third kappa shape index (κ3) is 3.10. The molecule has 0 saturated heterocycles. The molecule has 0 aromatic carbocycles. The fraction of sp³-hybridized carbons (Fsp3) is 0.600. The zero-order valence-corrected chi connectivity index (χ0v) is 8.94. The summed E-state index contributed by atoms with van der Waals surface area (Å²) in [6, 6.07) is 4.50. The molecule has 1 rings (SSSR count). The van der Waals surface area contributed by atoms with Crippen LogP contribution >= 0.6 is 11.3 Å². The van der Waals surface area contributed by atoms with Crippen molar-refractivity contribution in [3.63, 3.8) is 0 Å². The van der Waals surface area contributed by atoms with Crippen LogP contribution in [0.5, 0.6) is 0 Å². The van der Waals surface area contributed by atoms with Crippen LogP contribution in [0.1, 0.15) is 35.6 Å². The van der Waals surface area contributed by atoms with Crippen LogP contribution in [0.15, 0.2) is 12.1 Å². The molecule has 1 heterocycles. The topological polar surface area (TPSA) is 52.0 Å².